The second-order valence-electron chi connectivity index (χ2n) is 4.40. The number of hydrogen-bond donors (Lipinski definition) is 0. The second-order valence-corrected chi connectivity index (χ2v) is 5.62. The summed E-state index contributed by atoms with van der Waals surface area (Å²) in [6, 6.07) is 7.42. The predicted octanol–water partition coefficient (Wildman–Crippen LogP) is 5.20. The molecule has 0 radical (unpaired) electrons. The molecule has 0 aliphatic heterocycles. The number of hydrogen-bond acceptors (Lipinski definition) is 1. The molecule has 0 spiro atoms. The molecule has 92 valence electrons. The quantitative estimate of drug-likeness (QED) is 0.705. The molecule has 0 amide bonds. The molecule has 0 unspecified atom stereocenters. The highest BCUT2D eigenvalue weighted by Gasteiger charge is 2.17. The van der Waals surface area contributed by atoms with Crippen LogP contribution in [0.15, 0.2) is 24.3 Å². The predicted molar refractivity (Wildman–Crippen MR) is 76.7 cm³/mol. The zero-order valence-electron chi connectivity index (χ0n) is 9.51. The van der Waals surface area contributed by atoms with Crippen molar-refractivity contribution in [3.63, 3.8) is 0 Å². The van der Waals surface area contributed by atoms with Gasteiger partial charge < -0.3 is 0 Å². The van der Waals surface area contributed by atoms with Gasteiger partial charge >= 0.3 is 0 Å². The first-order valence-corrected chi connectivity index (χ1v) is 6.92. The van der Waals surface area contributed by atoms with Crippen LogP contribution in [0, 0.1) is 0 Å². The van der Waals surface area contributed by atoms with E-state index in [1.54, 1.807) is 6.07 Å². The highest BCUT2D eigenvalue weighted by Crippen LogP contribution is 2.33. The summed E-state index contributed by atoms with van der Waals surface area (Å²) in [5, 5.41) is 1.89. The number of nitrogens with zero attached hydrogens (tertiary/aromatic N) is 1. The third-order valence-corrected chi connectivity index (χ3v) is 4.29. The Kier molecular flexibility index (Phi) is 3.23. The molecule has 1 aromatic heterocycles. The van der Waals surface area contributed by atoms with Crippen molar-refractivity contribution in [2.24, 2.45) is 0 Å². The third-order valence-electron chi connectivity index (χ3n) is 3.21. The highest BCUT2D eigenvalue weighted by atomic mass is 35.5. The van der Waals surface area contributed by atoms with Gasteiger partial charge in [0.1, 0.15) is 0 Å². The van der Waals surface area contributed by atoms with Crippen molar-refractivity contribution in [3.8, 4) is 11.3 Å². The normalized spacial score (nSPS) is 13.7. The number of aromatic nitrogens is 1. The summed E-state index contributed by atoms with van der Waals surface area (Å²) >= 11 is 18.2. The fourth-order valence-electron chi connectivity index (χ4n) is 2.30. The standard InChI is InChI=1S/C14H10Cl3N/c15-10-5-4-8(6-12(10)17)14-7-11(16)9-2-1-3-13(9)18-14/h4-7H,1-3H2. The maximum Gasteiger partial charge on any atom is 0.0720 e. The highest BCUT2D eigenvalue weighted by molar-refractivity contribution is 6.42. The molecule has 18 heavy (non-hydrogen) atoms. The Bertz CT molecular complexity index is 623. The van der Waals surface area contributed by atoms with Crippen LogP contribution in [-0.4, -0.2) is 4.98 Å². The van der Waals surface area contributed by atoms with Crippen LogP contribution in [0.5, 0.6) is 0 Å². The van der Waals surface area contributed by atoms with Crippen molar-refractivity contribution in [2.45, 2.75) is 19.3 Å². The number of rotatable bonds is 1. The van der Waals surface area contributed by atoms with Gasteiger partial charge in [0.05, 0.1) is 15.7 Å². The lowest BCUT2D eigenvalue weighted by atomic mass is 10.1. The van der Waals surface area contributed by atoms with E-state index >= 15 is 0 Å². The van der Waals surface area contributed by atoms with Gasteiger partial charge in [0.2, 0.25) is 0 Å². The first-order chi connectivity index (χ1) is 8.65. The van der Waals surface area contributed by atoms with Crippen molar-refractivity contribution < 1.29 is 0 Å². The molecule has 1 nitrogen and oxygen atoms in total. The molecule has 1 aliphatic rings. The van der Waals surface area contributed by atoms with Crippen molar-refractivity contribution in [1.82, 2.24) is 4.98 Å². The van der Waals surface area contributed by atoms with Gasteiger partial charge in [-0.1, -0.05) is 40.9 Å². The fourth-order valence-corrected chi connectivity index (χ4v) is 2.90. The van der Waals surface area contributed by atoms with Crippen molar-refractivity contribution >= 4 is 34.8 Å². The molecule has 0 bridgehead atoms. The Morgan fingerprint density at radius 1 is 0.889 bits per heavy atom. The van der Waals surface area contributed by atoms with Gasteiger partial charge in [-0.15, -0.1) is 0 Å². The van der Waals surface area contributed by atoms with E-state index in [1.807, 2.05) is 18.2 Å². The molecule has 0 N–H and O–H groups in total. The maximum atomic E-state index is 6.30. The van der Waals surface area contributed by atoms with E-state index in [2.05, 4.69) is 4.98 Å². The van der Waals surface area contributed by atoms with Crippen LogP contribution >= 0.6 is 34.8 Å². The van der Waals surface area contributed by atoms with Crippen molar-refractivity contribution in [2.75, 3.05) is 0 Å². The number of aryl methyl sites for hydroxylation is 1. The molecule has 0 fully saturated rings. The Hall–Kier alpha value is -0.760. The van der Waals surface area contributed by atoms with Crippen molar-refractivity contribution in [1.29, 1.82) is 0 Å². The average molecular weight is 299 g/mol. The van der Waals surface area contributed by atoms with E-state index < -0.39 is 0 Å². The number of benzene rings is 1. The van der Waals surface area contributed by atoms with E-state index in [-0.39, 0.29) is 0 Å². The lowest BCUT2D eigenvalue weighted by Crippen LogP contribution is -1.93. The van der Waals surface area contributed by atoms with Crippen LogP contribution in [0.25, 0.3) is 11.3 Å². The Balaban J connectivity index is 2.12. The largest absolute Gasteiger partial charge is 0.252 e. The van der Waals surface area contributed by atoms with Crippen LogP contribution in [0.3, 0.4) is 0 Å². The van der Waals surface area contributed by atoms with Gasteiger partial charge in [-0.3, -0.25) is 4.98 Å². The zero-order valence-corrected chi connectivity index (χ0v) is 11.8. The molecule has 0 saturated heterocycles. The maximum absolute atomic E-state index is 6.30. The minimum atomic E-state index is 0.535. The van der Waals surface area contributed by atoms with E-state index in [0.717, 1.165) is 41.2 Å². The topological polar surface area (TPSA) is 12.9 Å². The Morgan fingerprint density at radius 2 is 1.72 bits per heavy atom. The lowest BCUT2D eigenvalue weighted by Gasteiger charge is -2.07. The van der Waals surface area contributed by atoms with Gasteiger partial charge in [0.25, 0.3) is 0 Å². The minimum Gasteiger partial charge on any atom is -0.252 e. The monoisotopic (exact) mass is 297 g/mol. The molecule has 0 saturated carbocycles. The molecular weight excluding hydrogens is 289 g/mol. The zero-order chi connectivity index (χ0) is 12.7. The van der Waals surface area contributed by atoms with Crippen LogP contribution in [0.1, 0.15) is 17.7 Å². The first-order valence-electron chi connectivity index (χ1n) is 5.79. The molecule has 0 atom stereocenters. The fraction of sp³-hybridized carbons (Fsp3) is 0.214. The van der Waals surface area contributed by atoms with E-state index in [0.29, 0.717) is 10.0 Å². The molecule has 1 aliphatic carbocycles. The summed E-state index contributed by atoms with van der Waals surface area (Å²) in [6.07, 6.45) is 3.17. The summed E-state index contributed by atoms with van der Waals surface area (Å²) in [7, 11) is 0. The Morgan fingerprint density at radius 3 is 2.50 bits per heavy atom. The SMILES string of the molecule is Clc1ccc(-c2cc(Cl)c3c(n2)CCC3)cc1Cl. The summed E-state index contributed by atoms with van der Waals surface area (Å²) in [4.78, 5) is 4.67. The van der Waals surface area contributed by atoms with Crippen LogP contribution in [0.4, 0.5) is 0 Å². The lowest BCUT2D eigenvalue weighted by molar-refractivity contribution is 0.900. The van der Waals surface area contributed by atoms with Crippen molar-refractivity contribution in [3.05, 3.63) is 50.6 Å². The van der Waals surface area contributed by atoms with Gasteiger partial charge in [-0.2, -0.15) is 0 Å². The minimum absolute atomic E-state index is 0.535. The molecule has 1 heterocycles. The van der Waals surface area contributed by atoms with Gasteiger partial charge in [0, 0.05) is 16.3 Å². The molecule has 4 heteroatoms. The van der Waals surface area contributed by atoms with Crippen LogP contribution in [-0.2, 0) is 12.8 Å². The summed E-state index contributed by atoms with van der Waals surface area (Å²) < 4.78 is 0. The Labute approximate surface area is 121 Å². The van der Waals surface area contributed by atoms with E-state index in [1.165, 1.54) is 5.56 Å². The number of pyridine rings is 1. The van der Waals surface area contributed by atoms with Crippen LogP contribution < -0.4 is 0 Å². The molecular formula is C14H10Cl3N. The van der Waals surface area contributed by atoms with Gasteiger partial charge in [-0.25, -0.2) is 0 Å². The smallest absolute Gasteiger partial charge is 0.0720 e. The second kappa shape index (κ2) is 4.73. The number of halogens is 3. The van der Waals surface area contributed by atoms with Gasteiger partial charge in [-0.05, 0) is 43.0 Å². The first kappa shape index (κ1) is 12.3. The van der Waals surface area contributed by atoms with Gasteiger partial charge in [0.15, 0.2) is 0 Å². The summed E-state index contributed by atoms with van der Waals surface area (Å²) in [6.45, 7) is 0. The van der Waals surface area contributed by atoms with Crippen LogP contribution in [0.2, 0.25) is 15.1 Å². The molecule has 2 aromatic rings. The number of fused-ring (bicyclic) bond motifs is 1. The molecule has 1 aromatic carbocycles. The summed E-state index contributed by atoms with van der Waals surface area (Å²) in [5.41, 5.74) is 4.12. The molecule has 3 rings (SSSR count). The third kappa shape index (κ3) is 2.11. The average Bonchev–Trinajstić information content (AvgIpc) is 2.81. The van der Waals surface area contributed by atoms with E-state index in [4.69, 9.17) is 34.8 Å². The van der Waals surface area contributed by atoms with E-state index in [9.17, 15) is 0 Å². The summed E-state index contributed by atoms with van der Waals surface area (Å²) in [5.74, 6) is 0.